The summed E-state index contributed by atoms with van der Waals surface area (Å²) in [6.07, 6.45) is 0. The summed E-state index contributed by atoms with van der Waals surface area (Å²) in [6, 6.07) is 48.7. The van der Waals surface area contributed by atoms with Gasteiger partial charge in [-0.2, -0.15) is 9.97 Å². The van der Waals surface area contributed by atoms with Gasteiger partial charge in [-0.25, -0.2) is 4.98 Å². The molecule has 0 bridgehead atoms. The van der Waals surface area contributed by atoms with Crippen molar-refractivity contribution in [2.24, 2.45) is 0 Å². The maximum Gasteiger partial charge on any atom is 0.238 e. The van der Waals surface area contributed by atoms with Gasteiger partial charge in [-0.05, 0) is 49.4 Å². The van der Waals surface area contributed by atoms with Crippen LogP contribution in [0, 0.1) is 6.92 Å². The average molecular weight is 657 g/mol. The number of aromatic nitrogens is 5. The van der Waals surface area contributed by atoms with E-state index in [1.54, 1.807) is 0 Å². The van der Waals surface area contributed by atoms with Gasteiger partial charge in [0.05, 0.1) is 22.1 Å². The first-order valence-electron chi connectivity index (χ1n) is 15.2. The molecule has 0 atom stereocenters. The fraction of sp³-hybridized carbons (Fsp3) is 0.0250. The summed E-state index contributed by atoms with van der Waals surface area (Å²) in [6.45, 7) is 2.09. The molecule has 0 spiro atoms. The van der Waals surface area contributed by atoms with Crippen LogP contribution in [0.4, 0.5) is 0 Å². The van der Waals surface area contributed by atoms with Crippen LogP contribution in [0.15, 0.2) is 144 Å². The average Bonchev–Trinajstić information content (AvgIpc) is 3.62. The van der Waals surface area contributed by atoms with Crippen molar-refractivity contribution < 1.29 is 0 Å². The highest BCUT2D eigenvalue weighted by atomic mass is 79.9. The van der Waals surface area contributed by atoms with Crippen LogP contribution in [0.2, 0.25) is 0 Å². The Bertz CT molecular complexity index is 2520. The maximum atomic E-state index is 5.20. The summed E-state index contributed by atoms with van der Waals surface area (Å²) < 4.78 is 5.59. The Morgan fingerprint density at radius 3 is 1.76 bits per heavy atom. The topological polar surface area (TPSA) is 48.5 Å². The molecule has 0 unspecified atom stereocenters. The zero-order valence-electron chi connectivity index (χ0n) is 24.9. The minimum absolute atomic E-state index is 0.582. The van der Waals surface area contributed by atoms with Crippen LogP contribution >= 0.6 is 15.9 Å². The molecule has 0 aliphatic heterocycles. The molecule has 0 amide bonds. The molecule has 0 radical (unpaired) electrons. The van der Waals surface area contributed by atoms with Crippen molar-refractivity contribution in [1.82, 2.24) is 24.1 Å². The van der Waals surface area contributed by atoms with E-state index in [0.717, 1.165) is 59.5 Å². The van der Waals surface area contributed by atoms with Gasteiger partial charge in [0, 0.05) is 42.8 Å². The predicted octanol–water partition coefficient (Wildman–Crippen LogP) is 10.5. The lowest BCUT2D eigenvalue weighted by molar-refractivity contribution is 0.955. The van der Waals surface area contributed by atoms with Crippen LogP contribution in [0.5, 0.6) is 0 Å². The highest BCUT2D eigenvalue weighted by Crippen LogP contribution is 2.41. The number of hydrogen-bond donors (Lipinski definition) is 0. The SMILES string of the molecule is Cc1ccc(-c2nc(-c3ccc(Br)cc3)nc(-n3c4ccccc4c4ccc5c(c6ccccc6n5-c5ccccc5)c43)n2)cc1. The lowest BCUT2D eigenvalue weighted by Crippen LogP contribution is -2.06. The molecule has 9 aromatic rings. The van der Waals surface area contributed by atoms with Crippen molar-refractivity contribution in [3.63, 3.8) is 0 Å². The fourth-order valence-electron chi connectivity index (χ4n) is 6.60. The number of nitrogens with zero attached hydrogens (tertiary/aromatic N) is 5. The van der Waals surface area contributed by atoms with Crippen molar-refractivity contribution in [2.45, 2.75) is 6.92 Å². The van der Waals surface area contributed by atoms with Gasteiger partial charge in [0.1, 0.15) is 0 Å². The predicted molar refractivity (Wildman–Crippen MR) is 192 cm³/mol. The molecule has 6 aromatic carbocycles. The number of benzene rings is 6. The standard InChI is InChI=1S/C40H26BrN5/c1-25-15-17-26(18-16-25)38-42-39(27-19-21-28(41)22-20-27)44-40(43-38)46-33-13-7-5-11-30(33)31-23-24-35-36(37(31)46)32-12-6-8-14-34(32)45(35)29-9-3-2-4-10-29/h2-24H,1H3. The zero-order valence-corrected chi connectivity index (χ0v) is 26.5. The van der Waals surface area contributed by atoms with Crippen molar-refractivity contribution in [3.8, 4) is 34.4 Å². The van der Waals surface area contributed by atoms with Crippen molar-refractivity contribution in [2.75, 3.05) is 0 Å². The van der Waals surface area contributed by atoms with Crippen molar-refractivity contribution in [3.05, 3.63) is 150 Å². The Balaban J connectivity index is 1.44. The van der Waals surface area contributed by atoms with E-state index in [1.807, 2.05) is 24.3 Å². The van der Waals surface area contributed by atoms with Gasteiger partial charge in [0.2, 0.25) is 5.95 Å². The molecule has 0 aliphatic carbocycles. The van der Waals surface area contributed by atoms with Gasteiger partial charge in [-0.3, -0.25) is 4.57 Å². The third-order valence-electron chi connectivity index (χ3n) is 8.72. The van der Waals surface area contributed by atoms with Gasteiger partial charge in [-0.15, -0.1) is 0 Å². The van der Waals surface area contributed by atoms with Gasteiger partial charge in [-0.1, -0.05) is 119 Å². The number of para-hydroxylation sites is 3. The summed E-state index contributed by atoms with van der Waals surface area (Å²) >= 11 is 3.58. The Hall–Kier alpha value is -5.59. The van der Waals surface area contributed by atoms with Gasteiger partial charge < -0.3 is 4.57 Å². The Labute approximate surface area is 273 Å². The maximum absolute atomic E-state index is 5.20. The Kier molecular flexibility index (Phi) is 6.11. The molecule has 0 saturated carbocycles. The first kappa shape index (κ1) is 26.8. The van der Waals surface area contributed by atoms with Gasteiger partial charge >= 0.3 is 0 Å². The molecule has 0 aliphatic rings. The van der Waals surface area contributed by atoms with Crippen LogP contribution in [0.1, 0.15) is 5.56 Å². The third kappa shape index (κ3) is 4.18. The Morgan fingerprint density at radius 1 is 0.478 bits per heavy atom. The molecule has 46 heavy (non-hydrogen) atoms. The molecule has 218 valence electrons. The monoisotopic (exact) mass is 655 g/mol. The summed E-state index contributed by atoms with van der Waals surface area (Å²) in [5, 5.41) is 4.65. The molecule has 0 fully saturated rings. The summed E-state index contributed by atoms with van der Waals surface area (Å²) in [5.41, 5.74) is 8.58. The largest absolute Gasteiger partial charge is 0.309 e. The van der Waals surface area contributed by atoms with E-state index >= 15 is 0 Å². The van der Waals surface area contributed by atoms with E-state index < -0.39 is 0 Å². The molecule has 5 nitrogen and oxygen atoms in total. The van der Waals surface area contributed by atoms with E-state index in [2.05, 4.69) is 147 Å². The van der Waals surface area contributed by atoms with E-state index in [1.165, 1.54) is 10.9 Å². The summed E-state index contributed by atoms with van der Waals surface area (Å²) in [7, 11) is 0. The molecular weight excluding hydrogens is 630 g/mol. The highest BCUT2D eigenvalue weighted by Gasteiger charge is 2.23. The lowest BCUT2D eigenvalue weighted by Gasteiger charge is -2.12. The molecule has 9 rings (SSSR count). The summed E-state index contributed by atoms with van der Waals surface area (Å²) in [4.78, 5) is 15.4. The first-order valence-corrected chi connectivity index (χ1v) is 16.0. The van der Waals surface area contributed by atoms with Crippen molar-refractivity contribution >= 4 is 59.5 Å². The van der Waals surface area contributed by atoms with Crippen LogP contribution in [-0.4, -0.2) is 24.1 Å². The second-order valence-corrected chi connectivity index (χ2v) is 12.5. The fourth-order valence-corrected chi connectivity index (χ4v) is 6.86. The first-order chi connectivity index (χ1) is 22.6. The number of hydrogen-bond acceptors (Lipinski definition) is 3. The second-order valence-electron chi connectivity index (χ2n) is 11.6. The van der Waals surface area contributed by atoms with Crippen LogP contribution in [0.25, 0.3) is 78.0 Å². The highest BCUT2D eigenvalue weighted by molar-refractivity contribution is 9.10. The smallest absolute Gasteiger partial charge is 0.238 e. The number of aryl methyl sites for hydroxylation is 1. The summed E-state index contributed by atoms with van der Waals surface area (Å²) in [5.74, 6) is 1.84. The minimum Gasteiger partial charge on any atom is -0.309 e. The number of halogens is 1. The molecule has 6 heteroatoms. The quantitative estimate of drug-likeness (QED) is 0.189. The molecular formula is C40H26BrN5. The molecule has 3 aromatic heterocycles. The Morgan fingerprint density at radius 2 is 1.07 bits per heavy atom. The zero-order chi connectivity index (χ0) is 30.8. The van der Waals surface area contributed by atoms with Gasteiger partial charge in [0.15, 0.2) is 11.6 Å². The molecule has 0 saturated heterocycles. The molecule has 3 heterocycles. The molecule has 0 N–H and O–H groups in total. The van der Waals surface area contributed by atoms with Crippen LogP contribution in [0.3, 0.4) is 0 Å². The normalized spacial score (nSPS) is 11.7. The second kappa shape index (κ2) is 10.5. The minimum atomic E-state index is 0.582. The van der Waals surface area contributed by atoms with E-state index in [4.69, 9.17) is 15.0 Å². The van der Waals surface area contributed by atoms with E-state index in [9.17, 15) is 0 Å². The van der Waals surface area contributed by atoms with Gasteiger partial charge in [0.25, 0.3) is 0 Å². The van der Waals surface area contributed by atoms with E-state index in [-0.39, 0.29) is 0 Å². The number of rotatable bonds is 4. The number of fused-ring (bicyclic) bond motifs is 7. The van der Waals surface area contributed by atoms with Crippen LogP contribution < -0.4 is 0 Å². The third-order valence-corrected chi connectivity index (χ3v) is 9.25. The van der Waals surface area contributed by atoms with Crippen LogP contribution in [-0.2, 0) is 0 Å². The van der Waals surface area contributed by atoms with Crippen molar-refractivity contribution in [1.29, 1.82) is 0 Å². The van der Waals surface area contributed by atoms with E-state index in [0.29, 0.717) is 17.6 Å². The lowest BCUT2D eigenvalue weighted by atomic mass is 10.1.